The number of hydrogen-bond donors (Lipinski definition) is 0. The van der Waals surface area contributed by atoms with E-state index in [1.807, 2.05) is 62.9 Å². The van der Waals surface area contributed by atoms with Crippen LogP contribution < -0.4 is 0 Å². The number of nitrogens with zero attached hydrogens (tertiary/aromatic N) is 5. The normalized spacial score (nSPS) is 18.2. The molecule has 0 unspecified atom stereocenters. The van der Waals surface area contributed by atoms with Gasteiger partial charge in [-0.15, -0.1) is 0 Å². The molecule has 1 fully saturated rings. The summed E-state index contributed by atoms with van der Waals surface area (Å²) in [7, 11) is 2.02. The van der Waals surface area contributed by atoms with Crippen LogP contribution in [-0.4, -0.2) is 44.1 Å². The Balaban J connectivity index is 1.43. The van der Waals surface area contributed by atoms with Gasteiger partial charge in [0.25, 0.3) is 0 Å². The van der Waals surface area contributed by atoms with Gasteiger partial charge in [-0.05, 0) is 6.92 Å². The minimum Gasteiger partial charge on any atom is -0.368 e. The van der Waals surface area contributed by atoms with Crippen LogP contribution in [0, 0.1) is 6.92 Å². The maximum atomic E-state index is 5.95. The molecule has 0 saturated carbocycles. The molecule has 1 atom stereocenters. The van der Waals surface area contributed by atoms with Crippen molar-refractivity contribution in [3.8, 4) is 11.4 Å². The van der Waals surface area contributed by atoms with Crippen LogP contribution in [0.15, 0.2) is 48.9 Å². The molecule has 0 N–H and O–H groups in total. The minimum atomic E-state index is 0.00644. The number of hydrogen-bond acceptors (Lipinski definition) is 5. The highest BCUT2D eigenvalue weighted by Crippen LogP contribution is 2.22. The van der Waals surface area contributed by atoms with E-state index >= 15 is 0 Å². The third-order valence-corrected chi connectivity index (χ3v) is 4.61. The summed E-state index contributed by atoms with van der Waals surface area (Å²) in [5, 5.41) is 0. The van der Waals surface area contributed by atoms with E-state index in [9.17, 15) is 0 Å². The summed E-state index contributed by atoms with van der Waals surface area (Å²) < 4.78 is 8.00. The fourth-order valence-corrected chi connectivity index (χ4v) is 3.37. The molecular weight excluding hydrogens is 326 g/mol. The van der Waals surface area contributed by atoms with E-state index in [2.05, 4.69) is 24.4 Å². The first-order chi connectivity index (χ1) is 12.7. The van der Waals surface area contributed by atoms with Crippen LogP contribution in [0.5, 0.6) is 0 Å². The van der Waals surface area contributed by atoms with Crippen LogP contribution in [0.25, 0.3) is 11.4 Å². The molecule has 0 radical (unpaired) electrons. The Labute approximate surface area is 153 Å². The second kappa shape index (κ2) is 7.35. The molecule has 0 bridgehead atoms. The fraction of sp³-hybridized carbons (Fsp3) is 0.350. The molecule has 1 aliphatic heterocycles. The molecule has 1 aliphatic rings. The maximum absolute atomic E-state index is 5.95. The molecule has 4 rings (SSSR count). The molecule has 1 aromatic carbocycles. The van der Waals surface area contributed by atoms with Crippen molar-refractivity contribution in [1.29, 1.82) is 0 Å². The van der Waals surface area contributed by atoms with E-state index < -0.39 is 0 Å². The third kappa shape index (κ3) is 3.66. The van der Waals surface area contributed by atoms with Gasteiger partial charge in [-0.25, -0.2) is 15.0 Å². The molecule has 3 aromatic rings. The first-order valence-electron chi connectivity index (χ1n) is 8.89. The zero-order chi connectivity index (χ0) is 17.9. The molecule has 26 heavy (non-hydrogen) atoms. The lowest BCUT2D eigenvalue weighted by atomic mass is 10.2. The molecule has 0 aliphatic carbocycles. The number of imidazole rings is 1. The summed E-state index contributed by atoms with van der Waals surface area (Å²) >= 11 is 0. The Kier molecular flexibility index (Phi) is 4.77. The van der Waals surface area contributed by atoms with Crippen molar-refractivity contribution in [2.24, 2.45) is 7.05 Å². The molecule has 2 aromatic heterocycles. The molecular formula is C20H23N5O. The summed E-state index contributed by atoms with van der Waals surface area (Å²) in [4.78, 5) is 16.0. The van der Waals surface area contributed by atoms with Gasteiger partial charge in [0.15, 0.2) is 5.82 Å². The topological polar surface area (TPSA) is 56.1 Å². The number of ether oxygens (including phenoxy) is 1. The maximum Gasteiger partial charge on any atom is 0.159 e. The Morgan fingerprint density at radius 2 is 1.92 bits per heavy atom. The lowest BCUT2D eigenvalue weighted by Gasteiger charge is -2.32. The van der Waals surface area contributed by atoms with Crippen LogP contribution in [-0.2, 0) is 18.3 Å². The first kappa shape index (κ1) is 16.9. The molecule has 6 heteroatoms. The van der Waals surface area contributed by atoms with E-state index in [0.717, 1.165) is 48.1 Å². The van der Waals surface area contributed by atoms with Gasteiger partial charge in [0.2, 0.25) is 0 Å². The highest BCUT2D eigenvalue weighted by molar-refractivity contribution is 5.53. The van der Waals surface area contributed by atoms with Gasteiger partial charge in [0.05, 0.1) is 12.3 Å². The zero-order valence-electron chi connectivity index (χ0n) is 15.2. The summed E-state index contributed by atoms with van der Waals surface area (Å²) in [6.45, 7) is 5.26. The number of aromatic nitrogens is 4. The predicted octanol–water partition coefficient (Wildman–Crippen LogP) is 2.76. The number of benzene rings is 1. The average molecular weight is 349 g/mol. The molecule has 1 saturated heterocycles. The third-order valence-electron chi connectivity index (χ3n) is 4.61. The molecule has 134 valence electrons. The van der Waals surface area contributed by atoms with Crippen LogP contribution in [0.1, 0.15) is 23.2 Å². The summed E-state index contributed by atoms with van der Waals surface area (Å²) in [6.07, 6.45) is 5.88. The Hall–Kier alpha value is -2.57. The largest absolute Gasteiger partial charge is 0.368 e. The number of rotatable bonds is 4. The summed E-state index contributed by atoms with van der Waals surface area (Å²) in [5.74, 6) is 1.75. The lowest BCUT2D eigenvalue weighted by Crippen LogP contribution is -2.38. The molecule has 3 heterocycles. The van der Waals surface area contributed by atoms with E-state index in [1.54, 1.807) is 0 Å². The number of morpholine rings is 1. The van der Waals surface area contributed by atoms with E-state index in [4.69, 9.17) is 4.74 Å². The Bertz CT molecular complexity index is 860. The van der Waals surface area contributed by atoms with E-state index in [0.29, 0.717) is 6.61 Å². The highest BCUT2D eigenvalue weighted by atomic mass is 16.5. The van der Waals surface area contributed by atoms with Crippen LogP contribution in [0.2, 0.25) is 0 Å². The van der Waals surface area contributed by atoms with Gasteiger partial charge in [0, 0.05) is 56.4 Å². The van der Waals surface area contributed by atoms with Crippen LogP contribution in [0.4, 0.5) is 0 Å². The van der Waals surface area contributed by atoms with Crippen molar-refractivity contribution in [2.75, 3.05) is 19.7 Å². The Morgan fingerprint density at radius 1 is 1.15 bits per heavy atom. The van der Waals surface area contributed by atoms with Crippen molar-refractivity contribution in [1.82, 2.24) is 24.4 Å². The van der Waals surface area contributed by atoms with Gasteiger partial charge < -0.3 is 9.30 Å². The van der Waals surface area contributed by atoms with Crippen molar-refractivity contribution in [2.45, 2.75) is 19.6 Å². The van der Waals surface area contributed by atoms with Crippen LogP contribution >= 0.6 is 0 Å². The molecule has 0 amide bonds. The predicted molar refractivity (Wildman–Crippen MR) is 99.4 cm³/mol. The van der Waals surface area contributed by atoms with Gasteiger partial charge in [-0.3, -0.25) is 4.90 Å². The second-order valence-corrected chi connectivity index (χ2v) is 6.73. The zero-order valence-corrected chi connectivity index (χ0v) is 15.2. The molecule has 6 nitrogen and oxygen atoms in total. The number of aryl methyl sites for hydroxylation is 2. The average Bonchev–Trinajstić information content (AvgIpc) is 3.01. The van der Waals surface area contributed by atoms with E-state index in [1.165, 1.54) is 0 Å². The fourth-order valence-electron chi connectivity index (χ4n) is 3.37. The van der Waals surface area contributed by atoms with Gasteiger partial charge in [0.1, 0.15) is 11.9 Å². The second-order valence-electron chi connectivity index (χ2n) is 6.73. The highest BCUT2D eigenvalue weighted by Gasteiger charge is 2.25. The van der Waals surface area contributed by atoms with Gasteiger partial charge in [-0.2, -0.15) is 0 Å². The summed E-state index contributed by atoms with van der Waals surface area (Å²) in [5.41, 5.74) is 3.17. The Morgan fingerprint density at radius 3 is 2.62 bits per heavy atom. The SMILES string of the molecule is Cc1cn(C)c([C@@H]2CN(Cc3cnc(-c4ccccc4)nc3)CCO2)n1. The quantitative estimate of drug-likeness (QED) is 0.725. The smallest absolute Gasteiger partial charge is 0.159 e. The minimum absolute atomic E-state index is 0.00644. The van der Waals surface area contributed by atoms with Crippen molar-refractivity contribution in [3.63, 3.8) is 0 Å². The lowest BCUT2D eigenvalue weighted by molar-refractivity contribution is -0.0384. The van der Waals surface area contributed by atoms with E-state index in [-0.39, 0.29) is 6.10 Å². The monoisotopic (exact) mass is 349 g/mol. The first-order valence-corrected chi connectivity index (χ1v) is 8.89. The van der Waals surface area contributed by atoms with Crippen molar-refractivity contribution in [3.05, 3.63) is 66.0 Å². The van der Waals surface area contributed by atoms with Gasteiger partial charge in [-0.1, -0.05) is 30.3 Å². The van der Waals surface area contributed by atoms with Gasteiger partial charge >= 0.3 is 0 Å². The standard InChI is InChI=1S/C20H23N5O/c1-15-12-24(2)20(23-15)18-14-25(8-9-26-18)13-16-10-21-19(22-11-16)17-6-4-3-5-7-17/h3-7,10-12,18H,8-9,13-14H2,1-2H3/t18-/m0/s1. The van der Waals surface area contributed by atoms with Crippen molar-refractivity contribution >= 4 is 0 Å². The molecule has 0 spiro atoms. The van der Waals surface area contributed by atoms with Crippen molar-refractivity contribution < 1.29 is 4.74 Å². The summed E-state index contributed by atoms with van der Waals surface area (Å²) in [6, 6.07) is 10.0. The van der Waals surface area contributed by atoms with Crippen LogP contribution in [0.3, 0.4) is 0 Å².